The van der Waals surface area contributed by atoms with Gasteiger partial charge in [0.05, 0.1) is 0 Å². The van der Waals surface area contributed by atoms with Crippen molar-refractivity contribution in [3.63, 3.8) is 0 Å². The Bertz CT molecular complexity index is 158. The van der Waals surface area contributed by atoms with Gasteiger partial charge in [-0.15, -0.1) is 0 Å². The summed E-state index contributed by atoms with van der Waals surface area (Å²) in [4.78, 5) is 0. The normalized spacial score (nSPS) is 19.9. The molecule has 1 nitrogen and oxygen atoms in total. The van der Waals surface area contributed by atoms with Crippen LogP contribution in [0.25, 0.3) is 0 Å². The fourth-order valence-corrected chi connectivity index (χ4v) is 1.99. The van der Waals surface area contributed by atoms with E-state index in [0.29, 0.717) is 11.3 Å². The van der Waals surface area contributed by atoms with Crippen LogP contribution in [0.15, 0.2) is 0 Å². The van der Waals surface area contributed by atoms with Crippen molar-refractivity contribution in [2.75, 3.05) is 0 Å². The Balaban J connectivity index is 2.37. The van der Waals surface area contributed by atoms with Gasteiger partial charge in [0.25, 0.3) is 0 Å². The van der Waals surface area contributed by atoms with Crippen molar-refractivity contribution in [3.05, 3.63) is 0 Å². The smallest absolute Gasteiger partial charge is 0.0125 e. The largest absolute Gasteiger partial charge is 0.309 e. The second kappa shape index (κ2) is 3.59. The summed E-state index contributed by atoms with van der Waals surface area (Å²) in [7, 11) is 0. The van der Waals surface area contributed by atoms with Gasteiger partial charge in [-0.05, 0) is 30.6 Å². The van der Waals surface area contributed by atoms with Crippen molar-refractivity contribution >= 4 is 5.71 Å². The molecule has 0 aromatic rings. The van der Waals surface area contributed by atoms with E-state index in [-0.39, 0.29) is 0 Å². The molecule has 0 radical (unpaired) electrons. The van der Waals surface area contributed by atoms with E-state index < -0.39 is 0 Å². The van der Waals surface area contributed by atoms with Crippen molar-refractivity contribution < 1.29 is 0 Å². The minimum Gasteiger partial charge on any atom is -0.309 e. The summed E-state index contributed by atoms with van der Waals surface area (Å²) >= 11 is 0. The van der Waals surface area contributed by atoms with E-state index >= 15 is 0 Å². The highest BCUT2D eigenvalue weighted by Crippen LogP contribution is 2.30. The van der Waals surface area contributed by atoms with Crippen LogP contribution in [-0.4, -0.2) is 5.71 Å². The highest BCUT2D eigenvalue weighted by molar-refractivity contribution is 5.84. The summed E-state index contributed by atoms with van der Waals surface area (Å²) in [5, 5.41) is 7.94. The zero-order valence-corrected chi connectivity index (χ0v) is 8.61. The molecule has 1 aliphatic rings. The average Bonchev–Trinajstić information content (AvgIpc) is 2.32. The lowest BCUT2D eigenvalue weighted by molar-refractivity contribution is 0.423. The third kappa shape index (κ3) is 2.96. The first kappa shape index (κ1) is 9.76. The van der Waals surface area contributed by atoms with Gasteiger partial charge in [-0.1, -0.05) is 33.6 Å². The topological polar surface area (TPSA) is 23.9 Å². The van der Waals surface area contributed by atoms with Crippen LogP contribution in [-0.2, 0) is 0 Å². The van der Waals surface area contributed by atoms with Crippen LogP contribution >= 0.6 is 0 Å². The fourth-order valence-electron chi connectivity index (χ4n) is 1.99. The van der Waals surface area contributed by atoms with E-state index in [9.17, 15) is 0 Å². The summed E-state index contributed by atoms with van der Waals surface area (Å²) in [6, 6.07) is 0. The van der Waals surface area contributed by atoms with Crippen molar-refractivity contribution in [1.29, 1.82) is 5.41 Å². The third-order valence-corrected chi connectivity index (χ3v) is 2.57. The van der Waals surface area contributed by atoms with Crippen molar-refractivity contribution in [1.82, 2.24) is 0 Å². The van der Waals surface area contributed by atoms with Gasteiger partial charge in [0.2, 0.25) is 0 Å². The van der Waals surface area contributed by atoms with Crippen LogP contribution in [0.3, 0.4) is 0 Å². The van der Waals surface area contributed by atoms with Crippen LogP contribution in [0.4, 0.5) is 0 Å². The van der Waals surface area contributed by atoms with Crippen LogP contribution in [0.5, 0.6) is 0 Å². The first-order chi connectivity index (χ1) is 5.49. The molecule has 70 valence electrons. The van der Waals surface area contributed by atoms with E-state index in [1.54, 1.807) is 0 Å². The number of hydrogen-bond donors (Lipinski definition) is 1. The Hall–Kier alpha value is -0.330. The second-order valence-corrected chi connectivity index (χ2v) is 5.24. The van der Waals surface area contributed by atoms with Crippen molar-refractivity contribution in [2.45, 2.75) is 52.9 Å². The number of hydrogen-bond acceptors (Lipinski definition) is 1. The Morgan fingerprint density at radius 2 is 1.75 bits per heavy atom. The van der Waals surface area contributed by atoms with Gasteiger partial charge in [0.15, 0.2) is 0 Å². The Kier molecular flexibility index (Phi) is 2.92. The lowest BCUT2D eigenvalue weighted by Gasteiger charge is -2.21. The molecule has 1 fully saturated rings. The van der Waals surface area contributed by atoms with Gasteiger partial charge < -0.3 is 5.41 Å². The maximum absolute atomic E-state index is 7.94. The lowest BCUT2D eigenvalue weighted by atomic mass is 9.85. The molecule has 0 amide bonds. The molecule has 0 atom stereocenters. The second-order valence-electron chi connectivity index (χ2n) is 5.24. The number of rotatable bonds is 2. The molecule has 1 aliphatic carbocycles. The molecule has 0 aromatic heterocycles. The van der Waals surface area contributed by atoms with Gasteiger partial charge in [0.1, 0.15) is 0 Å². The number of nitrogens with one attached hydrogen (secondary N) is 1. The van der Waals surface area contributed by atoms with Gasteiger partial charge in [-0.3, -0.25) is 0 Å². The van der Waals surface area contributed by atoms with Crippen LogP contribution in [0.2, 0.25) is 0 Å². The zero-order valence-electron chi connectivity index (χ0n) is 8.61. The van der Waals surface area contributed by atoms with Crippen LogP contribution in [0.1, 0.15) is 52.9 Å². The van der Waals surface area contributed by atoms with Crippen LogP contribution in [0, 0.1) is 16.7 Å². The molecule has 0 aromatic carbocycles. The molecule has 0 heterocycles. The minimum atomic E-state index is 0.305. The predicted octanol–water partition coefficient (Wildman–Crippen LogP) is 3.63. The molecule has 0 saturated heterocycles. The van der Waals surface area contributed by atoms with Gasteiger partial charge >= 0.3 is 0 Å². The SMILES string of the molecule is CC(C)(C)CC(=N)C1CCCC1. The molecule has 0 bridgehead atoms. The summed E-state index contributed by atoms with van der Waals surface area (Å²) < 4.78 is 0. The molecular formula is C11H21N. The summed E-state index contributed by atoms with van der Waals surface area (Å²) in [6.45, 7) is 6.66. The molecule has 1 N–H and O–H groups in total. The fraction of sp³-hybridized carbons (Fsp3) is 0.909. The minimum absolute atomic E-state index is 0.305. The molecule has 1 heteroatoms. The molecule has 1 rings (SSSR count). The molecule has 0 unspecified atom stereocenters. The first-order valence-electron chi connectivity index (χ1n) is 5.06. The zero-order chi connectivity index (χ0) is 9.19. The van der Waals surface area contributed by atoms with Gasteiger partial charge in [-0.2, -0.15) is 0 Å². The molecular weight excluding hydrogens is 146 g/mol. The Labute approximate surface area is 76.1 Å². The van der Waals surface area contributed by atoms with E-state index in [2.05, 4.69) is 20.8 Å². The quantitative estimate of drug-likeness (QED) is 0.607. The molecule has 1 saturated carbocycles. The molecule has 0 spiro atoms. The summed E-state index contributed by atoms with van der Waals surface area (Å²) in [5.74, 6) is 0.629. The monoisotopic (exact) mass is 167 g/mol. The maximum atomic E-state index is 7.94. The van der Waals surface area contributed by atoms with E-state index in [0.717, 1.165) is 12.1 Å². The van der Waals surface area contributed by atoms with Crippen molar-refractivity contribution in [2.24, 2.45) is 11.3 Å². The standard InChI is InChI=1S/C11H21N/c1-11(2,3)8-10(12)9-6-4-5-7-9/h9,12H,4-8H2,1-3H3. The molecule has 0 aliphatic heterocycles. The molecule has 12 heavy (non-hydrogen) atoms. The summed E-state index contributed by atoms with van der Waals surface area (Å²) in [5.41, 5.74) is 1.31. The Morgan fingerprint density at radius 3 is 2.17 bits per heavy atom. The maximum Gasteiger partial charge on any atom is 0.0125 e. The van der Waals surface area contributed by atoms with E-state index in [1.165, 1.54) is 25.7 Å². The van der Waals surface area contributed by atoms with Crippen molar-refractivity contribution in [3.8, 4) is 0 Å². The Morgan fingerprint density at radius 1 is 1.25 bits per heavy atom. The summed E-state index contributed by atoms with van der Waals surface area (Å²) in [6.07, 6.45) is 6.22. The van der Waals surface area contributed by atoms with E-state index in [1.807, 2.05) is 0 Å². The van der Waals surface area contributed by atoms with E-state index in [4.69, 9.17) is 5.41 Å². The highest BCUT2D eigenvalue weighted by atomic mass is 14.5. The highest BCUT2D eigenvalue weighted by Gasteiger charge is 2.23. The van der Waals surface area contributed by atoms with Crippen LogP contribution < -0.4 is 0 Å². The van der Waals surface area contributed by atoms with Gasteiger partial charge in [0, 0.05) is 5.71 Å². The van der Waals surface area contributed by atoms with Gasteiger partial charge in [-0.25, -0.2) is 0 Å². The third-order valence-electron chi connectivity index (χ3n) is 2.57. The predicted molar refractivity (Wildman–Crippen MR) is 53.8 cm³/mol. The average molecular weight is 167 g/mol. The lowest BCUT2D eigenvalue weighted by Crippen LogP contribution is -2.18. The first-order valence-corrected chi connectivity index (χ1v) is 5.06.